The van der Waals surface area contributed by atoms with E-state index in [0.29, 0.717) is 24.2 Å². The van der Waals surface area contributed by atoms with Crippen molar-refractivity contribution < 1.29 is 14.4 Å². The lowest BCUT2D eigenvalue weighted by Gasteiger charge is -2.43. The van der Waals surface area contributed by atoms with Gasteiger partial charge < -0.3 is 9.63 Å². The van der Waals surface area contributed by atoms with E-state index in [9.17, 15) is 9.90 Å². The van der Waals surface area contributed by atoms with E-state index >= 15 is 0 Å². The molecule has 0 aromatic carbocycles. The Morgan fingerprint density at radius 1 is 1.52 bits per heavy atom. The minimum absolute atomic E-state index is 0.241. The highest BCUT2D eigenvalue weighted by atomic mass is 16.5. The van der Waals surface area contributed by atoms with Crippen LogP contribution in [0.4, 0.5) is 0 Å². The highest BCUT2D eigenvalue weighted by Crippen LogP contribution is 2.35. The van der Waals surface area contributed by atoms with Gasteiger partial charge in [0, 0.05) is 6.42 Å². The van der Waals surface area contributed by atoms with E-state index < -0.39 is 12.0 Å². The maximum absolute atomic E-state index is 11.6. The number of rotatable bonds is 5. The van der Waals surface area contributed by atoms with Crippen molar-refractivity contribution in [2.45, 2.75) is 59.5 Å². The third-order valence-corrected chi connectivity index (χ3v) is 4.04. The molecular weight excluding hydrogens is 270 g/mol. The lowest BCUT2D eigenvalue weighted by molar-refractivity contribution is -0.151. The molecule has 0 bridgehead atoms. The van der Waals surface area contributed by atoms with Crippen LogP contribution >= 0.6 is 0 Å². The van der Waals surface area contributed by atoms with Gasteiger partial charge in [0.2, 0.25) is 5.89 Å². The molecule has 21 heavy (non-hydrogen) atoms. The van der Waals surface area contributed by atoms with E-state index in [1.807, 2.05) is 18.7 Å². The molecular formula is C15H25N3O3. The van der Waals surface area contributed by atoms with Gasteiger partial charge in [-0.3, -0.25) is 9.69 Å². The number of hydrogen-bond donors (Lipinski definition) is 1. The molecule has 1 atom stereocenters. The third kappa shape index (κ3) is 3.81. The molecule has 1 unspecified atom stereocenters. The van der Waals surface area contributed by atoms with Gasteiger partial charge in [-0.25, -0.2) is 0 Å². The van der Waals surface area contributed by atoms with Gasteiger partial charge in [0.15, 0.2) is 5.82 Å². The topological polar surface area (TPSA) is 79.5 Å². The van der Waals surface area contributed by atoms with E-state index in [1.54, 1.807) is 0 Å². The zero-order valence-corrected chi connectivity index (χ0v) is 13.3. The summed E-state index contributed by atoms with van der Waals surface area (Å²) in [6, 6.07) is -0.502. The normalized spacial score (nSPS) is 22.6. The standard InChI is InChI=1S/C15H25N3O3/c1-10(2)8-12-16-11(17-21-12)9-18-7-5-6-15(3,4)13(18)14(19)20/h10,13H,5-9H2,1-4H3,(H,19,20). The zero-order valence-electron chi connectivity index (χ0n) is 13.3. The zero-order chi connectivity index (χ0) is 15.6. The summed E-state index contributed by atoms with van der Waals surface area (Å²) in [7, 11) is 0. The molecule has 118 valence electrons. The summed E-state index contributed by atoms with van der Waals surface area (Å²) in [6.07, 6.45) is 2.67. The Labute approximate surface area is 125 Å². The molecule has 2 heterocycles. The van der Waals surface area contributed by atoms with E-state index in [0.717, 1.165) is 25.8 Å². The number of nitrogens with zero attached hydrogens (tertiary/aromatic N) is 3. The summed E-state index contributed by atoms with van der Waals surface area (Å²) in [4.78, 5) is 17.9. The van der Waals surface area contributed by atoms with Crippen LogP contribution in [0.1, 0.15) is 52.3 Å². The van der Waals surface area contributed by atoms with Crippen molar-refractivity contribution in [2.75, 3.05) is 6.54 Å². The Morgan fingerprint density at radius 3 is 2.86 bits per heavy atom. The number of carboxylic acid groups (broad SMARTS) is 1. The van der Waals surface area contributed by atoms with Crippen LogP contribution in [-0.4, -0.2) is 38.7 Å². The van der Waals surface area contributed by atoms with Gasteiger partial charge in [-0.05, 0) is 30.7 Å². The highest BCUT2D eigenvalue weighted by Gasteiger charge is 2.42. The monoisotopic (exact) mass is 295 g/mol. The maximum Gasteiger partial charge on any atom is 0.321 e. The fourth-order valence-corrected chi connectivity index (χ4v) is 3.13. The average Bonchev–Trinajstić information content (AvgIpc) is 2.73. The molecule has 0 radical (unpaired) electrons. The number of aromatic nitrogens is 2. The van der Waals surface area contributed by atoms with E-state index in [-0.39, 0.29) is 5.41 Å². The molecule has 1 N–H and O–H groups in total. The molecule has 1 aliphatic heterocycles. The first-order valence-electron chi connectivity index (χ1n) is 7.58. The molecule has 1 aliphatic rings. The van der Waals surface area contributed by atoms with Crippen LogP contribution in [0.2, 0.25) is 0 Å². The Hall–Kier alpha value is -1.43. The molecule has 6 heteroatoms. The molecule has 0 amide bonds. The smallest absolute Gasteiger partial charge is 0.321 e. The van der Waals surface area contributed by atoms with Crippen LogP contribution in [0.15, 0.2) is 4.52 Å². The SMILES string of the molecule is CC(C)Cc1nc(CN2CCCC(C)(C)C2C(=O)O)no1. The van der Waals surface area contributed by atoms with Gasteiger partial charge in [-0.1, -0.05) is 32.9 Å². The predicted octanol–water partition coefficient (Wildman–Crippen LogP) is 2.34. The lowest BCUT2D eigenvalue weighted by atomic mass is 9.76. The number of piperidine rings is 1. The van der Waals surface area contributed by atoms with Crippen LogP contribution < -0.4 is 0 Å². The Balaban J connectivity index is 2.09. The van der Waals surface area contributed by atoms with Crippen LogP contribution in [0.5, 0.6) is 0 Å². The van der Waals surface area contributed by atoms with Crippen molar-refractivity contribution in [1.29, 1.82) is 0 Å². The number of aliphatic carboxylic acids is 1. The number of likely N-dealkylation sites (tertiary alicyclic amines) is 1. The molecule has 1 fully saturated rings. The van der Waals surface area contributed by atoms with Crippen LogP contribution in [0, 0.1) is 11.3 Å². The summed E-state index contributed by atoms with van der Waals surface area (Å²) in [6.45, 7) is 9.40. The molecule has 1 aromatic heterocycles. The van der Waals surface area contributed by atoms with Crippen molar-refractivity contribution in [3.05, 3.63) is 11.7 Å². The molecule has 6 nitrogen and oxygen atoms in total. The average molecular weight is 295 g/mol. The van der Waals surface area contributed by atoms with Crippen molar-refractivity contribution in [3.63, 3.8) is 0 Å². The summed E-state index contributed by atoms with van der Waals surface area (Å²) >= 11 is 0. The van der Waals surface area contributed by atoms with Gasteiger partial charge in [0.05, 0.1) is 6.54 Å². The fourth-order valence-electron chi connectivity index (χ4n) is 3.13. The van der Waals surface area contributed by atoms with E-state index in [2.05, 4.69) is 24.0 Å². The molecule has 1 saturated heterocycles. The van der Waals surface area contributed by atoms with Gasteiger partial charge in [-0.2, -0.15) is 4.98 Å². The van der Waals surface area contributed by atoms with Crippen LogP contribution in [0.3, 0.4) is 0 Å². The molecule has 0 saturated carbocycles. The summed E-state index contributed by atoms with van der Waals surface area (Å²) in [5.74, 6) is 0.891. The number of carbonyl (C=O) groups is 1. The van der Waals surface area contributed by atoms with Gasteiger partial charge >= 0.3 is 5.97 Å². The summed E-state index contributed by atoms with van der Waals surface area (Å²) < 4.78 is 5.23. The second kappa shape index (κ2) is 6.13. The Kier molecular flexibility index (Phi) is 4.66. The third-order valence-electron chi connectivity index (χ3n) is 4.04. The minimum Gasteiger partial charge on any atom is -0.480 e. The van der Waals surface area contributed by atoms with Gasteiger partial charge in [-0.15, -0.1) is 0 Å². The summed E-state index contributed by atoms with van der Waals surface area (Å²) in [5, 5.41) is 13.5. The number of hydrogen-bond acceptors (Lipinski definition) is 5. The van der Waals surface area contributed by atoms with Gasteiger partial charge in [0.1, 0.15) is 6.04 Å². The first-order chi connectivity index (χ1) is 9.79. The predicted molar refractivity (Wildman–Crippen MR) is 77.7 cm³/mol. The molecule has 1 aromatic rings. The lowest BCUT2D eigenvalue weighted by Crippen LogP contribution is -2.53. The van der Waals surface area contributed by atoms with E-state index in [4.69, 9.17) is 4.52 Å². The Bertz CT molecular complexity index is 496. The largest absolute Gasteiger partial charge is 0.480 e. The molecule has 2 rings (SSSR count). The van der Waals surface area contributed by atoms with Crippen molar-refractivity contribution >= 4 is 5.97 Å². The maximum atomic E-state index is 11.6. The van der Waals surface area contributed by atoms with Crippen LogP contribution in [0.25, 0.3) is 0 Å². The number of carboxylic acids is 1. The quantitative estimate of drug-likeness (QED) is 0.898. The van der Waals surface area contributed by atoms with Crippen molar-refractivity contribution in [3.8, 4) is 0 Å². The first kappa shape index (κ1) is 15.9. The van der Waals surface area contributed by atoms with Crippen molar-refractivity contribution in [2.24, 2.45) is 11.3 Å². The second-order valence-corrected chi connectivity index (χ2v) is 7.01. The van der Waals surface area contributed by atoms with Gasteiger partial charge in [0.25, 0.3) is 0 Å². The molecule has 0 spiro atoms. The van der Waals surface area contributed by atoms with Crippen molar-refractivity contribution in [1.82, 2.24) is 15.0 Å². The minimum atomic E-state index is -0.773. The second-order valence-electron chi connectivity index (χ2n) is 7.01. The fraction of sp³-hybridized carbons (Fsp3) is 0.800. The highest BCUT2D eigenvalue weighted by molar-refractivity contribution is 5.74. The van der Waals surface area contributed by atoms with E-state index in [1.165, 1.54) is 0 Å². The molecule has 0 aliphatic carbocycles. The Morgan fingerprint density at radius 2 is 2.24 bits per heavy atom. The first-order valence-corrected chi connectivity index (χ1v) is 7.58. The summed E-state index contributed by atoms with van der Waals surface area (Å²) in [5.41, 5.74) is -0.241. The van der Waals surface area contributed by atoms with Crippen LogP contribution in [-0.2, 0) is 17.8 Å².